The van der Waals surface area contributed by atoms with Crippen LogP contribution in [0.25, 0.3) is 11.0 Å². The summed E-state index contributed by atoms with van der Waals surface area (Å²) in [4.78, 5) is 31.5. The van der Waals surface area contributed by atoms with Crippen molar-refractivity contribution in [3.8, 4) is 0 Å². The van der Waals surface area contributed by atoms with E-state index in [0.717, 1.165) is 73.1 Å². The molecule has 0 radical (unpaired) electrons. The summed E-state index contributed by atoms with van der Waals surface area (Å²) in [5, 5.41) is 4.52. The molecular weight excluding hydrogens is 418 g/mol. The molecule has 2 aliphatic rings. The van der Waals surface area contributed by atoms with E-state index < -0.39 is 0 Å². The number of aryl methyl sites for hydroxylation is 1. The molecule has 0 aliphatic carbocycles. The SMILES string of the molecule is CN1CCN(C)C(=O)CCc2cc(ccc2N2CCOCC2)Nc2ncnc3[nH]cc(c23)C1. The summed E-state index contributed by atoms with van der Waals surface area (Å²) < 4.78 is 5.54. The Morgan fingerprint density at radius 1 is 1.00 bits per heavy atom. The Balaban J connectivity index is 1.55. The lowest BCUT2D eigenvalue weighted by molar-refractivity contribution is -0.130. The number of nitrogens with one attached hydrogen (secondary N) is 2. The molecule has 4 heterocycles. The highest BCUT2D eigenvalue weighted by Crippen LogP contribution is 2.31. The second-order valence-electron chi connectivity index (χ2n) is 8.88. The van der Waals surface area contributed by atoms with Gasteiger partial charge in [0.2, 0.25) is 5.91 Å². The standard InChI is InChI=1S/C24H31N7O2/c1-29-7-8-30(2)21(32)6-3-17-13-19(4-5-20(17)31-9-11-33-12-10-31)28-24-22-18(15-29)14-25-23(22)26-16-27-24/h4-5,13-14,16H,3,6-12,15H2,1-2H3,(H2,25,26,27,28). The second-order valence-corrected chi connectivity index (χ2v) is 8.88. The number of nitrogens with zero attached hydrogens (tertiary/aromatic N) is 5. The number of carbonyl (C=O) groups is 1. The number of H-pyrrole nitrogens is 1. The molecule has 1 amide bonds. The minimum absolute atomic E-state index is 0.169. The lowest BCUT2D eigenvalue weighted by Gasteiger charge is -2.31. The summed E-state index contributed by atoms with van der Waals surface area (Å²) in [6.45, 7) is 5.39. The van der Waals surface area contributed by atoms with Gasteiger partial charge >= 0.3 is 0 Å². The summed E-state index contributed by atoms with van der Waals surface area (Å²) >= 11 is 0. The van der Waals surface area contributed by atoms with Gasteiger partial charge in [-0.15, -0.1) is 0 Å². The van der Waals surface area contributed by atoms with Crippen molar-refractivity contribution in [3.05, 3.63) is 41.9 Å². The number of morpholine rings is 1. The number of fused-ring (bicyclic) bond motifs is 2. The predicted octanol–water partition coefficient (Wildman–Crippen LogP) is 2.37. The molecule has 2 bridgehead atoms. The molecule has 9 nitrogen and oxygen atoms in total. The highest BCUT2D eigenvalue weighted by atomic mass is 16.5. The first-order chi connectivity index (χ1) is 16.1. The van der Waals surface area contributed by atoms with E-state index in [1.807, 2.05) is 18.1 Å². The zero-order chi connectivity index (χ0) is 22.8. The smallest absolute Gasteiger partial charge is 0.222 e. The van der Waals surface area contributed by atoms with E-state index >= 15 is 0 Å². The van der Waals surface area contributed by atoms with Crippen molar-refractivity contribution in [1.82, 2.24) is 24.8 Å². The molecule has 9 heteroatoms. The number of hydrogen-bond acceptors (Lipinski definition) is 7. The minimum atomic E-state index is 0.169. The van der Waals surface area contributed by atoms with Crippen LogP contribution in [0.4, 0.5) is 17.2 Å². The zero-order valence-corrected chi connectivity index (χ0v) is 19.3. The van der Waals surface area contributed by atoms with E-state index in [2.05, 4.69) is 55.3 Å². The first-order valence-corrected chi connectivity index (χ1v) is 11.5. The van der Waals surface area contributed by atoms with E-state index in [0.29, 0.717) is 19.4 Å². The molecule has 2 aromatic heterocycles. The summed E-state index contributed by atoms with van der Waals surface area (Å²) in [5.74, 6) is 0.959. The summed E-state index contributed by atoms with van der Waals surface area (Å²) in [5.41, 5.74) is 5.24. The molecule has 2 N–H and O–H groups in total. The van der Waals surface area contributed by atoms with Crippen molar-refractivity contribution in [1.29, 1.82) is 0 Å². The van der Waals surface area contributed by atoms with Crippen LogP contribution in [0.5, 0.6) is 0 Å². The number of rotatable bonds is 1. The number of aromatic nitrogens is 3. The van der Waals surface area contributed by atoms with Crippen molar-refractivity contribution in [2.24, 2.45) is 0 Å². The van der Waals surface area contributed by atoms with Crippen LogP contribution in [-0.4, -0.2) is 84.1 Å². The van der Waals surface area contributed by atoms with Gasteiger partial charge in [0.05, 0.1) is 18.6 Å². The average molecular weight is 450 g/mol. The topological polar surface area (TPSA) is 89.6 Å². The summed E-state index contributed by atoms with van der Waals surface area (Å²) in [6, 6.07) is 6.40. The first-order valence-electron chi connectivity index (χ1n) is 11.5. The predicted molar refractivity (Wildman–Crippen MR) is 129 cm³/mol. The van der Waals surface area contributed by atoms with Gasteiger partial charge in [0.1, 0.15) is 17.8 Å². The number of amides is 1. The Hall–Kier alpha value is -3.17. The number of benzene rings is 1. The fourth-order valence-electron chi connectivity index (χ4n) is 4.61. The molecule has 1 saturated heterocycles. The van der Waals surface area contributed by atoms with Crippen molar-refractivity contribution in [2.45, 2.75) is 19.4 Å². The molecular formula is C24H31N7O2. The van der Waals surface area contributed by atoms with Crippen LogP contribution in [0.15, 0.2) is 30.7 Å². The Morgan fingerprint density at radius 2 is 1.85 bits per heavy atom. The van der Waals surface area contributed by atoms with Crippen molar-refractivity contribution in [3.63, 3.8) is 0 Å². The van der Waals surface area contributed by atoms with Crippen molar-refractivity contribution < 1.29 is 9.53 Å². The van der Waals surface area contributed by atoms with Crippen LogP contribution in [0.1, 0.15) is 17.5 Å². The van der Waals surface area contributed by atoms with Crippen LogP contribution in [0.3, 0.4) is 0 Å². The molecule has 3 aromatic rings. The molecule has 0 saturated carbocycles. The highest BCUT2D eigenvalue weighted by molar-refractivity contribution is 5.92. The molecule has 1 fully saturated rings. The van der Waals surface area contributed by atoms with Crippen LogP contribution in [-0.2, 0) is 22.5 Å². The lowest BCUT2D eigenvalue weighted by atomic mass is 10.0. The fraction of sp³-hybridized carbons (Fsp3) is 0.458. The lowest BCUT2D eigenvalue weighted by Crippen LogP contribution is -2.37. The van der Waals surface area contributed by atoms with Gasteiger partial charge in [0, 0.05) is 63.8 Å². The normalized spacial score (nSPS) is 18.7. The largest absolute Gasteiger partial charge is 0.378 e. The van der Waals surface area contributed by atoms with Crippen LogP contribution >= 0.6 is 0 Å². The van der Waals surface area contributed by atoms with E-state index in [4.69, 9.17) is 4.74 Å². The summed E-state index contributed by atoms with van der Waals surface area (Å²) in [6.07, 6.45) is 4.76. The van der Waals surface area contributed by atoms with Gasteiger partial charge in [-0.1, -0.05) is 0 Å². The molecule has 5 rings (SSSR count). The molecule has 0 atom stereocenters. The van der Waals surface area contributed by atoms with E-state index in [-0.39, 0.29) is 5.91 Å². The Morgan fingerprint density at radius 3 is 2.70 bits per heavy atom. The highest BCUT2D eigenvalue weighted by Gasteiger charge is 2.19. The van der Waals surface area contributed by atoms with Gasteiger partial charge in [-0.3, -0.25) is 4.79 Å². The molecule has 0 unspecified atom stereocenters. The Labute approximate surface area is 193 Å². The minimum Gasteiger partial charge on any atom is -0.378 e. The zero-order valence-electron chi connectivity index (χ0n) is 19.3. The number of carbonyl (C=O) groups excluding carboxylic acids is 1. The monoisotopic (exact) mass is 449 g/mol. The number of ether oxygens (including phenoxy) is 1. The number of aromatic amines is 1. The Kier molecular flexibility index (Phi) is 6.15. The third-order valence-corrected chi connectivity index (χ3v) is 6.54. The first kappa shape index (κ1) is 21.7. The Bertz CT molecular complexity index is 1140. The van der Waals surface area contributed by atoms with Gasteiger partial charge < -0.3 is 29.7 Å². The number of anilines is 3. The molecule has 33 heavy (non-hydrogen) atoms. The molecule has 0 spiro atoms. The maximum absolute atomic E-state index is 12.9. The van der Waals surface area contributed by atoms with Gasteiger partial charge in [0.25, 0.3) is 0 Å². The van der Waals surface area contributed by atoms with Gasteiger partial charge in [-0.2, -0.15) is 0 Å². The van der Waals surface area contributed by atoms with Gasteiger partial charge in [-0.25, -0.2) is 9.97 Å². The number of likely N-dealkylation sites (N-methyl/N-ethyl adjacent to an activating group) is 2. The van der Waals surface area contributed by atoms with Crippen molar-refractivity contribution >= 4 is 34.1 Å². The molecule has 174 valence electrons. The van der Waals surface area contributed by atoms with Crippen LogP contribution in [0, 0.1) is 0 Å². The fourth-order valence-corrected chi connectivity index (χ4v) is 4.61. The summed E-state index contributed by atoms with van der Waals surface area (Å²) in [7, 11) is 3.97. The molecule has 2 aliphatic heterocycles. The number of hydrogen-bond donors (Lipinski definition) is 2. The third kappa shape index (κ3) is 4.65. The third-order valence-electron chi connectivity index (χ3n) is 6.54. The van der Waals surface area contributed by atoms with Crippen molar-refractivity contribution in [2.75, 3.05) is 63.7 Å². The average Bonchev–Trinajstić information content (AvgIpc) is 3.24. The van der Waals surface area contributed by atoms with E-state index in [1.165, 1.54) is 5.69 Å². The maximum Gasteiger partial charge on any atom is 0.222 e. The van der Waals surface area contributed by atoms with E-state index in [1.54, 1.807) is 6.33 Å². The van der Waals surface area contributed by atoms with Gasteiger partial charge in [-0.05, 0) is 42.8 Å². The quantitative estimate of drug-likeness (QED) is 0.590. The second kappa shape index (κ2) is 9.36. The van der Waals surface area contributed by atoms with Crippen LogP contribution in [0.2, 0.25) is 0 Å². The van der Waals surface area contributed by atoms with E-state index in [9.17, 15) is 4.79 Å². The maximum atomic E-state index is 12.9. The van der Waals surface area contributed by atoms with Gasteiger partial charge in [0.15, 0.2) is 0 Å². The van der Waals surface area contributed by atoms with Crippen LogP contribution < -0.4 is 10.2 Å². The molecule has 1 aromatic carbocycles.